The molecule has 23 heavy (non-hydrogen) atoms. The van der Waals surface area contributed by atoms with Crippen molar-refractivity contribution in [3.63, 3.8) is 0 Å². The van der Waals surface area contributed by atoms with E-state index >= 15 is 0 Å². The zero-order valence-corrected chi connectivity index (χ0v) is 13.2. The monoisotopic (exact) mass is 352 g/mol. The lowest BCUT2D eigenvalue weighted by Gasteiger charge is -2.16. The molecule has 1 aliphatic rings. The van der Waals surface area contributed by atoms with Gasteiger partial charge in [0.1, 0.15) is 11.9 Å². The number of rotatable bonds is 3. The maximum absolute atomic E-state index is 13.2. The standard InChI is InChI=1S/C16H11Cl2FN2O2/c17-12-5-4-11(7-13(12)18)21-15(22)8-14(16(21)23)20-10-3-1-2-9(19)6-10/h1-7,14,20H,8H2/t14-/m0/s1. The lowest BCUT2D eigenvalue weighted by atomic mass is 10.2. The number of hydrogen-bond donors (Lipinski definition) is 1. The maximum atomic E-state index is 13.2. The molecule has 118 valence electrons. The average Bonchev–Trinajstić information content (AvgIpc) is 2.77. The van der Waals surface area contributed by atoms with Crippen LogP contribution in [0, 0.1) is 5.82 Å². The number of amides is 2. The van der Waals surface area contributed by atoms with Crippen molar-refractivity contribution < 1.29 is 14.0 Å². The summed E-state index contributed by atoms with van der Waals surface area (Å²) in [6.45, 7) is 0. The van der Waals surface area contributed by atoms with Crippen LogP contribution in [-0.4, -0.2) is 17.9 Å². The van der Waals surface area contributed by atoms with Gasteiger partial charge in [-0.25, -0.2) is 9.29 Å². The van der Waals surface area contributed by atoms with Gasteiger partial charge in [-0.15, -0.1) is 0 Å². The number of anilines is 2. The first kappa shape index (κ1) is 15.8. The van der Waals surface area contributed by atoms with Crippen molar-refractivity contribution in [1.29, 1.82) is 0 Å². The molecule has 1 N–H and O–H groups in total. The van der Waals surface area contributed by atoms with Gasteiger partial charge in [0.2, 0.25) is 5.91 Å². The molecule has 0 radical (unpaired) electrons. The normalized spacial score (nSPS) is 17.7. The van der Waals surface area contributed by atoms with Crippen LogP contribution in [-0.2, 0) is 9.59 Å². The fourth-order valence-corrected chi connectivity index (χ4v) is 2.71. The first-order chi connectivity index (χ1) is 11.0. The molecule has 2 aromatic rings. The predicted octanol–water partition coefficient (Wildman–Crippen LogP) is 3.88. The second kappa shape index (κ2) is 6.18. The number of imide groups is 1. The molecular weight excluding hydrogens is 342 g/mol. The third-order valence-corrected chi connectivity index (χ3v) is 4.21. The van der Waals surface area contributed by atoms with Crippen molar-refractivity contribution in [3.8, 4) is 0 Å². The van der Waals surface area contributed by atoms with Crippen LogP contribution in [0.15, 0.2) is 42.5 Å². The van der Waals surface area contributed by atoms with Gasteiger partial charge in [-0.2, -0.15) is 0 Å². The van der Waals surface area contributed by atoms with Crippen molar-refractivity contribution in [3.05, 3.63) is 58.3 Å². The van der Waals surface area contributed by atoms with Crippen LogP contribution < -0.4 is 10.2 Å². The summed E-state index contributed by atoms with van der Waals surface area (Å²) in [6, 6.07) is 9.50. The van der Waals surface area contributed by atoms with E-state index in [9.17, 15) is 14.0 Å². The Morgan fingerprint density at radius 3 is 2.57 bits per heavy atom. The highest BCUT2D eigenvalue weighted by Crippen LogP contribution is 2.30. The lowest BCUT2D eigenvalue weighted by molar-refractivity contribution is -0.121. The highest BCUT2D eigenvalue weighted by atomic mass is 35.5. The summed E-state index contributed by atoms with van der Waals surface area (Å²) in [5.41, 5.74) is 0.796. The van der Waals surface area contributed by atoms with E-state index in [1.807, 2.05) is 0 Å². The molecule has 0 saturated carbocycles. The van der Waals surface area contributed by atoms with Gasteiger partial charge in [-0.3, -0.25) is 9.59 Å². The van der Waals surface area contributed by atoms with Crippen LogP contribution in [0.2, 0.25) is 10.0 Å². The molecule has 4 nitrogen and oxygen atoms in total. The Hall–Kier alpha value is -2.11. The fourth-order valence-electron chi connectivity index (χ4n) is 2.42. The summed E-state index contributed by atoms with van der Waals surface area (Å²) in [7, 11) is 0. The van der Waals surface area contributed by atoms with Crippen LogP contribution in [0.4, 0.5) is 15.8 Å². The maximum Gasteiger partial charge on any atom is 0.256 e. The molecule has 0 spiro atoms. The molecule has 1 fully saturated rings. The third-order valence-electron chi connectivity index (χ3n) is 3.47. The van der Waals surface area contributed by atoms with Crippen molar-refractivity contribution in [2.75, 3.05) is 10.2 Å². The minimum absolute atomic E-state index is 0.0183. The second-order valence-electron chi connectivity index (χ2n) is 5.08. The van der Waals surface area contributed by atoms with Gasteiger partial charge in [0.05, 0.1) is 22.2 Å². The van der Waals surface area contributed by atoms with Gasteiger partial charge >= 0.3 is 0 Å². The highest BCUT2D eigenvalue weighted by molar-refractivity contribution is 6.42. The number of nitrogens with zero attached hydrogens (tertiary/aromatic N) is 1. The molecule has 2 amide bonds. The quantitative estimate of drug-likeness (QED) is 0.852. The topological polar surface area (TPSA) is 49.4 Å². The van der Waals surface area contributed by atoms with Crippen LogP contribution in [0.25, 0.3) is 0 Å². The van der Waals surface area contributed by atoms with Gasteiger partial charge in [-0.1, -0.05) is 29.3 Å². The van der Waals surface area contributed by atoms with Gasteiger partial charge in [0.15, 0.2) is 0 Å². The van der Waals surface area contributed by atoms with E-state index in [0.717, 1.165) is 4.90 Å². The Kier molecular flexibility index (Phi) is 4.24. The predicted molar refractivity (Wildman–Crippen MR) is 87.4 cm³/mol. The SMILES string of the molecule is O=C1C[C@H](Nc2cccc(F)c2)C(=O)N1c1ccc(Cl)c(Cl)c1. The molecule has 7 heteroatoms. The first-order valence-corrected chi connectivity index (χ1v) is 7.55. The largest absolute Gasteiger partial charge is 0.373 e. The zero-order valence-electron chi connectivity index (χ0n) is 11.7. The Balaban J connectivity index is 1.83. The minimum atomic E-state index is -0.751. The number of hydrogen-bond acceptors (Lipinski definition) is 3. The Morgan fingerprint density at radius 2 is 1.87 bits per heavy atom. The Bertz CT molecular complexity index is 797. The fraction of sp³-hybridized carbons (Fsp3) is 0.125. The van der Waals surface area contributed by atoms with Crippen molar-refractivity contribution in [2.24, 2.45) is 0 Å². The minimum Gasteiger partial charge on any atom is -0.373 e. The van der Waals surface area contributed by atoms with Crippen molar-refractivity contribution >= 4 is 46.4 Å². The summed E-state index contributed by atoms with van der Waals surface area (Å²) in [5.74, 6) is -1.20. The Labute approximate surface area is 141 Å². The van der Waals surface area contributed by atoms with Gasteiger partial charge in [-0.05, 0) is 36.4 Å². The van der Waals surface area contributed by atoms with Gasteiger partial charge in [0.25, 0.3) is 5.91 Å². The van der Waals surface area contributed by atoms with Crippen LogP contribution in [0.1, 0.15) is 6.42 Å². The molecule has 1 atom stereocenters. The average molecular weight is 353 g/mol. The smallest absolute Gasteiger partial charge is 0.256 e. The summed E-state index contributed by atoms with van der Waals surface area (Å²) in [6.07, 6.45) is -0.0183. The van der Waals surface area contributed by atoms with E-state index in [1.54, 1.807) is 12.1 Å². The molecule has 1 aliphatic heterocycles. The zero-order chi connectivity index (χ0) is 16.6. The van der Waals surface area contributed by atoms with Gasteiger partial charge < -0.3 is 5.32 Å². The van der Waals surface area contributed by atoms with Gasteiger partial charge in [0, 0.05) is 5.69 Å². The number of carbonyl (C=O) groups excluding carboxylic acids is 2. The Morgan fingerprint density at radius 1 is 1.09 bits per heavy atom. The summed E-state index contributed by atoms with van der Waals surface area (Å²) in [4.78, 5) is 25.7. The summed E-state index contributed by atoms with van der Waals surface area (Å²) in [5, 5.41) is 3.47. The molecule has 0 bridgehead atoms. The van der Waals surface area contributed by atoms with E-state index in [2.05, 4.69) is 5.32 Å². The molecule has 0 aromatic heterocycles. The molecular formula is C16H11Cl2FN2O2. The molecule has 1 heterocycles. The number of halogens is 3. The molecule has 0 unspecified atom stereocenters. The van der Waals surface area contributed by atoms with Crippen LogP contribution >= 0.6 is 23.2 Å². The number of benzene rings is 2. The van der Waals surface area contributed by atoms with E-state index in [-0.39, 0.29) is 17.4 Å². The van der Waals surface area contributed by atoms with Crippen molar-refractivity contribution in [2.45, 2.75) is 12.5 Å². The molecule has 0 aliphatic carbocycles. The highest BCUT2D eigenvalue weighted by Gasteiger charge is 2.39. The molecule has 3 rings (SSSR count). The number of carbonyl (C=O) groups is 2. The van der Waals surface area contributed by atoms with E-state index in [4.69, 9.17) is 23.2 Å². The van der Waals surface area contributed by atoms with Crippen LogP contribution in [0.3, 0.4) is 0 Å². The number of nitrogens with one attached hydrogen (secondary N) is 1. The third kappa shape index (κ3) is 3.16. The van der Waals surface area contributed by atoms with E-state index in [0.29, 0.717) is 16.4 Å². The van der Waals surface area contributed by atoms with E-state index < -0.39 is 17.8 Å². The summed E-state index contributed by atoms with van der Waals surface area (Å²) < 4.78 is 13.2. The summed E-state index contributed by atoms with van der Waals surface area (Å²) >= 11 is 11.8. The molecule has 1 saturated heterocycles. The second-order valence-corrected chi connectivity index (χ2v) is 5.89. The lowest BCUT2D eigenvalue weighted by Crippen LogP contribution is -2.34. The van der Waals surface area contributed by atoms with E-state index in [1.165, 1.54) is 30.3 Å². The molecule has 2 aromatic carbocycles. The van der Waals surface area contributed by atoms with Crippen LogP contribution in [0.5, 0.6) is 0 Å². The first-order valence-electron chi connectivity index (χ1n) is 6.79. The van der Waals surface area contributed by atoms with Crippen molar-refractivity contribution in [1.82, 2.24) is 0 Å².